The summed E-state index contributed by atoms with van der Waals surface area (Å²) in [6.07, 6.45) is 1.26. The lowest BCUT2D eigenvalue weighted by atomic mass is 10.1. The molecule has 1 aromatic heterocycles. The largest absolute Gasteiger partial charge is 0.494 e. The number of carbonyl (C=O) groups excluding carboxylic acids is 1. The maximum Gasteiger partial charge on any atom is 0.335 e. The van der Waals surface area contributed by atoms with E-state index in [1.165, 1.54) is 11.1 Å². The van der Waals surface area contributed by atoms with Crippen LogP contribution in [0, 0.1) is 13.8 Å². The van der Waals surface area contributed by atoms with Gasteiger partial charge in [-0.25, -0.2) is 9.36 Å². The number of hydrogen-bond donors (Lipinski definition) is 2. The van der Waals surface area contributed by atoms with Crippen molar-refractivity contribution in [1.29, 1.82) is 0 Å². The highest BCUT2D eigenvalue weighted by Gasteiger charge is 2.30. The summed E-state index contributed by atoms with van der Waals surface area (Å²) in [7, 11) is 0. The van der Waals surface area contributed by atoms with Crippen LogP contribution in [0.15, 0.2) is 67.2 Å². The summed E-state index contributed by atoms with van der Waals surface area (Å²) in [5.41, 5.74) is 1.42. The standard InChI is InChI=1S/C23H19BrN4O4/c1-12-5-4-6-16(9-12)27-21(30)18(20(29)25-23(27)32)11-17-14(3)26-28(22(17)31)19-8-7-15(24)10-13(19)2/h4-11,30H,1-3H3,(H,25,29,32)/b17-11+. The maximum atomic E-state index is 13.1. The fourth-order valence-electron chi connectivity index (χ4n) is 3.52. The first-order chi connectivity index (χ1) is 15.2. The summed E-state index contributed by atoms with van der Waals surface area (Å²) >= 11 is 3.40. The monoisotopic (exact) mass is 494 g/mol. The molecule has 0 saturated carbocycles. The van der Waals surface area contributed by atoms with E-state index in [0.29, 0.717) is 17.1 Å². The van der Waals surface area contributed by atoms with E-state index in [-0.39, 0.29) is 11.1 Å². The van der Waals surface area contributed by atoms with Gasteiger partial charge >= 0.3 is 5.69 Å². The van der Waals surface area contributed by atoms with E-state index in [0.717, 1.165) is 20.2 Å². The first kappa shape index (κ1) is 21.5. The molecule has 9 heteroatoms. The van der Waals surface area contributed by atoms with Crippen molar-refractivity contribution in [3.8, 4) is 11.6 Å². The molecule has 0 radical (unpaired) electrons. The number of benzene rings is 2. The topological polar surface area (TPSA) is 108 Å². The van der Waals surface area contributed by atoms with Crippen LogP contribution in [-0.4, -0.2) is 26.3 Å². The number of nitrogens with one attached hydrogen (secondary N) is 1. The first-order valence-corrected chi connectivity index (χ1v) is 10.5. The molecular formula is C23H19BrN4O4. The Morgan fingerprint density at radius 1 is 1.06 bits per heavy atom. The highest BCUT2D eigenvalue weighted by molar-refractivity contribution is 9.10. The first-order valence-electron chi connectivity index (χ1n) is 9.70. The van der Waals surface area contributed by atoms with Gasteiger partial charge in [-0.15, -0.1) is 0 Å². The number of halogens is 1. The summed E-state index contributed by atoms with van der Waals surface area (Å²) in [5, 5.41) is 16.4. The van der Waals surface area contributed by atoms with Crippen LogP contribution in [0.2, 0.25) is 0 Å². The minimum absolute atomic E-state index is 0.141. The zero-order valence-corrected chi connectivity index (χ0v) is 19.1. The molecule has 2 heterocycles. The van der Waals surface area contributed by atoms with Crippen molar-refractivity contribution in [2.24, 2.45) is 5.10 Å². The van der Waals surface area contributed by atoms with Crippen molar-refractivity contribution in [2.45, 2.75) is 20.8 Å². The van der Waals surface area contributed by atoms with Gasteiger partial charge in [0.25, 0.3) is 11.5 Å². The number of aromatic hydroxyl groups is 1. The molecule has 32 heavy (non-hydrogen) atoms. The molecule has 1 amide bonds. The Bertz CT molecular complexity index is 1450. The third kappa shape index (κ3) is 3.71. The third-order valence-corrected chi connectivity index (χ3v) is 5.61. The second kappa shape index (κ2) is 8.08. The van der Waals surface area contributed by atoms with Gasteiger partial charge in [0.15, 0.2) is 0 Å². The van der Waals surface area contributed by atoms with Crippen LogP contribution in [0.4, 0.5) is 5.69 Å². The van der Waals surface area contributed by atoms with Gasteiger partial charge in [0.1, 0.15) is 5.56 Å². The number of hydrogen-bond acceptors (Lipinski definition) is 5. The van der Waals surface area contributed by atoms with Crippen LogP contribution in [-0.2, 0) is 4.79 Å². The van der Waals surface area contributed by atoms with Crippen LogP contribution in [0.25, 0.3) is 11.8 Å². The van der Waals surface area contributed by atoms with Gasteiger partial charge in [0.05, 0.1) is 22.7 Å². The van der Waals surface area contributed by atoms with Crippen molar-refractivity contribution in [3.63, 3.8) is 0 Å². The molecule has 0 bridgehead atoms. The maximum absolute atomic E-state index is 13.1. The Labute approximate surface area is 191 Å². The molecule has 0 unspecified atom stereocenters. The van der Waals surface area contributed by atoms with Gasteiger partial charge in [-0.1, -0.05) is 28.1 Å². The predicted octanol–water partition coefficient (Wildman–Crippen LogP) is 3.42. The minimum atomic E-state index is -0.803. The molecule has 3 aromatic rings. The summed E-state index contributed by atoms with van der Waals surface area (Å²) in [6, 6.07) is 12.3. The minimum Gasteiger partial charge on any atom is -0.494 e. The Morgan fingerprint density at radius 3 is 2.50 bits per heavy atom. The lowest BCUT2D eigenvalue weighted by Crippen LogP contribution is -2.30. The Morgan fingerprint density at radius 2 is 1.81 bits per heavy atom. The van der Waals surface area contributed by atoms with Crippen LogP contribution in [0.5, 0.6) is 5.88 Å². The van der Waals surface area contributed by atoms with Crippen molar-refractivity contribution in [3.05, 3.63) is 90.0 Å². The van der Waals surface area contributed by atoms with E-state index in [2.05, 4.69) is 26.0 Å². The Kier molecular flexibility index (Phi) is 5.43. The number of aryl methyl sites for hydroxylation is 2. The molecule has 1 aliphatic heterocycles. The number of carbonyl (C=O) groups is 1. The lowest BCUT2D eigenvalue weighted by molar-refractivity contribution is -0.114. The number of amides is 1. The summed E-state index contributed by atoms with van der Waals surface area (Å²) < 4.78 is 1.86. The molecule has 0 aliphatic carbocycles. The van der Waals surface area contributed by atoms with E-state index in [9.17, 15) is 19.5 Å². The fourth-order valence-corrected chi connectivity index (χ4v) is 4.00. The average molecular weight is 495 g/mol. The number of rotatable bonds is 3. The van der Waals surface area contributed by atoms with E-state index in [1.54, 1.807) is 37.3 Å². The van der Waals surface area contributed by atoms with Crippen molar-refractivity contribution >= 4 is 39.3 Å². The van der Waals surface area contributed by atoms with Crippen LogP contribution in [0.1, 0.15) is 23.6 Å². The smallest absolute Gasteiger partial charge is 0.335 e. The average Bonchev–Trinajstić information content (AvgIpc) is 2.98. The van der Waals surface area contributed by atoms with E-state index >= 15 is 0 Å². The highest BCUT2D eigenvalue weighted by atomic mass is 79.9. The number of anilines is 1. The normalized spacial score (nSPS) is 14.9. The predicted molar refractivity (Wildman–Crippen MR) is 127 cm³/mol. The highest BCUT2D eigenvalue weighted by Crippen LogP contribution is 2.30. The molecular weight excluding hydrogens is 476 g/mol. The van der Waals surface area contributed by atoms with Gasteiger partial charge < -0.3 is 5.11 Å². The van der Waals surface area contributed by atoms with Crippen LogP contribution in [0.3, 0.4) is 0 Å². The number of H-pyrrole nitrogens is 1. The second-order valence-corrected chi connectivity index (χ2v) is 8.38. The summed E-state index contributed by atoms with van der Waals surface area (Å²) in [4.78, 5) is 40.3. The third-order valence-electron chi connectivity index (χ3n) is 5.12. The number of aromatic amines is 1. The van der Waals surface area contributed by atoms with Gasteiger partial charge in [0.2, 0.25) is 5.88 Å². The summed E-state index contributed by atoms with van der Waals surface area (Å²) in [6.45, 7) is 5.34. The molecule has 2 aromatic carbocycles. The SMILES string of the molecule is CC1=NN(c2ccc(Br)cc2C)C(=O)/C1=C/c1c(O)n(-c2cccc(C)c2)c(=O)[nH]c1=O. The second-order valence-electron chi connectivity index (χ2n) is 7.46. The Hall–Kier alpha value is -3.72. The van der Waals surface area contributed by atoms with E-state index in [1.807, 2.05) is 26.0 Å². The van der Waals surface area contributed by atoms with Crippen molar-refractivity contribution in [2.75, 3.05) is 5.01 Å². The quantitative estimate of drug-likeness (QED) is 0.543. The molecule has 8 nitrogen and oxygen atoms in total. The Balaban J connectivity index is 1.83. The number of hydrazone groups is 1. The number of nitrogens with zero attached hydrogens (tertiary/aromatic N) is 3. The van der Waals surface area contributed by atoms with E-state index in [4.69, 9.17) is 0 Å². The molecule has 4 rings (SSSR count). The molecule has 0 spiro atoms. The zero-order valence-electron chi connectivity index (χ0n) is 17.5. The molecule has 0 saturated heterocycles. The van der Waals surface area contributed by atoms with Crippen molar-refractivity contribution in [1.82, 2.24) is 9.55 Å². The summed E-state index contributed by atoms with van der Waals surface area (Å²) in [5.74, 6) is -1.00. The van der Waals surface area contributed by atoms with Crippen LogP contribution < -0.4 is 16.3 Å². The zero-order chi connectivity index (χ0) is 23.2. The molecule has 0 fully saturated rings. The van der Waals surface area contributed by atoms with Crippen molar-refractivity contribution < 1.29 is 9.90 Å². The van der Waals surface area contributed by atoms with Gasteiger partial charge in [0, 0.05) is 4.47 Å². The fraction of sp³-hybridized carbons (Fsp3) is 0.130. The van der Waals surface area contributed by atoms with Crippen LogP contribution >= 0.6 is 15.9 Å². The molecule has 2 N–H and O–H groups in total. The van der Waals surface area contributed by atoms with Gasteiger partial charge in [-0.2, -0.15) is 10.1 Å². The molecule has 0 atom stereocenters. The molecule has 1 aliphatic rings. The van der Waals surface area contributed by atoms with Gasteiger partial charge in [-0.05, 0) is 68.3 Å². The molecule has 162 valence electrons. The van der Waals surface area contributed by atoms with E-state index < -0.39 is 23.0 Å². The van der Waals surface area contributed by atoms with Gasteiger partial charge in [-0.3, -0.25) is 14.6 Å². The number of aromatic nitrogens is 2. The lowest BCUT2D eigenvalue weighted by Gasteiger charge is -2.15.